The number of halogens is 1. The molecule has 0 unspecified atom stereocenters. The maximum Gasteiger partial charge on any atom is 0.305 e. The number of amides is 1. The van der Waals surface area contributed by atoms with Crippen molar-refractivity contribution in [1.29, 1.82) is 0 Å². The Balaban J connectivity index is 2.58. The van der Waals surface area contributed by atoms with Crippen LogP contribution in [0.5, 0.6) is 0 Å². The Morgan fingerprint density at radius 3 is 2.55 bits per heavy atom. The Morgan fingerprint density at radius 1 is 1.35 bits per heavy atom. The Labute approximate surface area is 128 Å². The van der Waals surface area contributed by atoms with Crippen molar-refractivity contribution in [3.8, 4) is 0 Å². The fourth-order valence-corrected chi connectivity index (χ4v) is 2.80. The molecule has 0 bridgehead atoms. The second kappa shape index (κ2) is 8.17. The number of carboxylic acid groups (broad SMARTS) is 1. The minimum Gasteiger partial charge on any atom is -0.481 e. The largest absolute Gasteiger partial charge is 0.481 e. The highest BCUT2D eigenvalue weighted by molar-refractivity contribution is 8.00. The van der Waals surface area contributed by atoms with Gasteiger partial charge in [0.05, 0.1) is 17.2 Å². The van der Waals surface area contributed by atoms with Crippen LogP contribution in [0.4, 0.5) is 0 Å². The fraction of sp³-hybridized carbons (Fsp3) is 0.429. The highest BCUT2D eigenvalue weighted by atomic mass is 35.5. The average Bonchev–Trinajstić information content (AvgIpc) is 2.37. The minimum atomic E-state index is -0.901. The molecule has 1 aromatic carbocycles. The Morgan fingerprint density at radius 2 is 2.00 bits per heavy atom. The number of aliphatic carboxylic acids is 1. The predicted molar refractivity (Wildman–Crippen MR) is 81.3 cm³/mol. The van der Waals surface area contributed by atoms with Crippen LogP contribution in [0, 0.1) is 0 Å². The molecule has 110 valence electrons. The van der Waals surface area contributed by atoms with Crippen LogP contribution in [0.25, 0.3) is 0 Å². The van der Waals surface area contributed by atoms with Crippen molar-refractivity contribution in [2.24, 2.45) is 0 Å². The molecule has 0 aliphatic heterocycles. The summed E-state index contributed by atoms with van der Waals surface area (Å²) in [6, 6.07) is 7.31. The van der Waals surface area contributed by atoms with E-state index in [9.17, 15) is 9.59 Å². The first-order valence-corrected chi connectivity index (χ1v) is 7.66. The van der Waals surface area contributed by atoms with Crippen LogP contribution in [0.2, 0.25) is 5.02 Å². The summed E-state index contributed by atoms with van der Waals surface area (Å²) in [4.78, 5) is 25.2. The molecule has 0 saturated carbocycles. The number of carbonyl (C=O) groups is 2. The SMILES string of the molecule is CC(C)N(CCC(=O)O)C(=O)CSc1ccccc1Cl. The van der Waals surface area contributed by atoms with E-state index in [0.717, 1.165) is 4.90 Å². The summed E-state index contributed by atoms with van der Waals surface area (Å²) in [7, 11) is 0. The first-order chi connectivity index (χ1) is 9.41. The van der Waals surface area contributed by atoms with Crippen LogP contribution in [-0.4, -0.2) is 40.2 Å². The summed E-state index contributed by atoms with van der Waals surface area (Å²) < 4.78 is 0. The van der Waals surface area contributed by atoms with Gasteiger partial charge in [0.15, 0.2) is 0 Å². The summed E-state index contributed by atoms with van der Waals surface area (Å²) in [5, 5.41) is 9.33. The van der Waals surface area contributed by atoms with Crippen molar-refractivity contribution in [3.63, 3.8) is 0 Å². The standard InChI is InChI=1S/C14H18ClNO3S/c1-10(2)16(8-7-14(18)19)13(17)9-20-12-6-4-3-5-11(12)15/h3-6,10H,7-9H2,1-2H3,(H,18,19). The van der Waals surface area contributed by atoms with E-state index in [1.807, 2.05) is 32.0 Å². The van der Waals surface area contributed by atoms with Crippen LogP contribution < -0.4 is 0 Å². The highest BCUT2D eigenvalue weighted by Crippen LogP contribution is 2.26. The van der Waals surface area contributed by atoms with Crippen LogP contribution in [0.1, 0.15) is 20.3 Å². The van der Waals surface area contributed by atoms with Gasteiger partial charge < -0.3 is 10.0 Å². The zero-order valence-electron chi connectivity index (χ0n) is 11.5. The van der Waals surface area contributed by atoms with E-state index in [1.165, 1.54) is 11.8 Å². The van der Waals surface area contributed by atoms with E-state index < -0.39 is 5.97 Å². The number of nitrogens with zero attached hydrogens (tertiary/aromatic N) is 1. The summed E-state index contributed by atoms with van der Waals surface area (Å²) in [6.45, 7) is 3.98. The van der Waals surface area contributed by atoms with Gasteiger partial charge in [0.25, 0.3) is 0 Å². The Kier molecular flexibility index (Phi) is 6.88. The zero-order chi connectivity index (χ0) is 15.1. The molecule has 0 spiro atoms. The van der Waals surface area contributed by atoms with Crippen molar-refractivity contribution in [2.45, 2.75) is 31.2 Å². The number of carbonyl (C=O) groups excluding carboxylic acids is 1. The lowest BCUT2D eigenvalue weighted by Crippen LogP contribution is -2.39. The van der Waals surface area contributed by atoms with E-state index in [-0.39, 0.29) is 30.7 Å². The number of carboxylic acids is 1. The lowest BCUT2D eigenvalue weighted by molar-refractivity contribution is -0.138. The number of rotatable bonds is 7. The maximum absolute atomic E-state index is 12.2. The first-order valence-electron chi connectivity index (χ1n) is 6.30. The fourth-order valence-electron chi connectivity index (χ4n) is 1.67. The Bertz CT molecular complexity index is 479. The van der Waals surface area contributed by atoms with Crippen molar-refractivity contribution in [1.82, 2.24) is 4.90 Å². The lowest BCUT2D eigenvalue weighted by Gasteiger charge is -2.26. The van der Waals surface area contributed by atoms with E-state index in [1.54, 1.807) is 11.0 Å². The van der Waals surface area contributed by atoms with Gasteiger partial charge in [0.1, 0.15) is 0 Å². The Hall–Kier alpha value is -1.20. The number of benzene rings is 1. The van der Waals surface area contributed by atoms with Gasteiger partial charge in [-0.2, -0.15) is 0 Å². The van der Waals surface area contributed by atoms with Crippen molar-refractivity contribution in [2.75, 3.05) is 12.3 Å². The van der Waals surface area contributed by atoms with Crippen LogP contribution >= 0.6 is 23.4 Å². The van der Waals surface area contributed by atoms with Crippen LogP contribution in [0.3, 0.4) is 0 Å². The number of hydrogen-bond donors (Lipinski definition) is 1. The molecule has 20 heavy (non-hydrogen) atoms. The molecule has 6 heteroatoms. The topological polar surface area (TPSA) is 57.6 Å². The van der Waals surface area contributed by atoms with E-state index in [0.29, 0.717) is 5.02 Å². The molecule has 0 saturated heterocycles. The van der Waals surface area contributed by atoms with Gasteiger partial charge in [-0.05, 0) is 26.0 Å². The van der Waals surface area contributed by atoms with Crippen LogP contribution in [0.15, 0.2) is 29.2 Å². The van der Waals surface area contributed by atoms with Gasteiger partial charge in [-0.1, -0.05) is 23.7 Å². The molecule has 4 nitrogen and oxygen atoms in total. The van der Waals surface area contributed by atoms with Crippen molar-refractivity contribution in [3.05, 3.63) is 29.3 Å². The summed E-state index contributed by atoms with van der Waals surface area (Å²) >= 11 is 7.39. The third-order valence-electron chi connectivity index (χ3n) is 2.70. The summed E-state index contributed by atoms with van der Waals surface area (Å²) in [5.74, 6) is -0.727. The molecule has 1 N–H and O–H groups in total. The molecule has 1 rings (SSSR count). The zero-order valence-corrected chi connectivity index (χ0v) is 13.1. The molecular formula is C14H18ClNO3S. The minimum absolute atomic E-state index is 0.0197. The normalized spacial score (nSPS) is 10.6. The molecule has 0 aliphatic carbocycles. The predicted octanol–water partition coefficient (Wildman–Crippen LogP) is 3.14. The van der Waals surface area contributed by atoms with Gasteiger partial charge in [-0.15, -0.1) is 11.8 Å². The molecule has 1 amide bonds. The number of thioether (sulfide) groups is 1. The highest BCUT2D eigenvalue weighted by Gasteiger charge is 2.18. The molecule has 0 aliphatic rings. The van der Waals surface area contributed by atoms with E-state index in [4.69, 9.17) is 16.7 Å². The molecule has 0 atom stereocenters. The first kappa shape index (κ1) is 16.9. The van der Waals surface area contributed by atoms with Crippen molar-refractivity contribution >= 4 is 35.2 Å². The monoisotopic (exact) mass is 315 g/mol. The van der Waals surface area contributed by atoms with Gasteiger partial charge in [-0.25, -0.2) is 0 Å². The van der Waals surface area contributed by atoms with Crippen LogP contribution in [-0.2, 0) is 9.59 Å². The second-order valence-electron chi connectivity index (χ2n) is 4.54. The van der Waals surface area contributed by atoms with Gasteiger partial charge in [0.2, 0.25) is 5.91 Å². The van der Waals surface area contributed by atoms with Gasteiger partial charge in [-0.3, -0.25) is 9.59 Å². The molecule has 1 aromatic rings. The van der Waals surface area contributed by atoms with Gasteiger partial charge >= 0.3 is 5.97 Å². The summed E-state index contributed by atoms with van der Waals surface area (Å²) in [5.41, 5.74) is 0. The van der Waals surface area contributed by atoms with E-state index >= 15 is 0 Å². The molecule has 0 radical (unpaired) electrons. The molecule has 0 heterocycles. The second-order valence-corrected chi connectivity index (χ2v) is 5.97. The number of hydrogen-bond acceptors (Lipinski definition) is 3. The van der Waals surface area contributed by atoms with E-state index in [2.05, 4.69) is 0 Å². The quantitative estimate of drug-likeness (QED) is 0.785. The smallest absolute Gasteiger partial charge is 0.305 e. The van der Waals surface area contributed by atoms with Crippen molar-refractivity contribution < 1.29 is 14.7 Å². The molecular weight excluding hydrogens is 298 g/mol. The lowest BCUT2D eigenvalue weighted by atomic mass is 10.3. The summed E-state index contributed by atoms with van der Waals surface area (Å²) in [6.07, 6.45) is -0.0410. The molecule has 0 fully saturated rings. The third-order valence-corrected chi connectivity index (χ3v) is 4.20. The van der Waals surface area contributed by atoms with Gasteiger partial charge in [0, 0.05) is 17.5 Å². The average molecular weight is 316 g/mol. The molecule has 0 aromatic heterocycles. The maximum atomic E-state index is 12.2. The third kappa shape index (κ3) is 5.43.